The number of non-ortho nitro benzene ring substituents is 1. The Morgan fingerprint density at radius 3 is 2.77 bits per heavy atom. The van der Waals surface area contributed by atoms with E-state index in [1.807, 2.05) is 0 Å². The average molecular weight is 541 g/mol. The number of halogens is 2. The Bertz CT molecular complexity index is 1110. The van der Waals surface area contributed by atoms with Crippen LogP contribution < -0.4 is 9.47 Å². The maximum atomic E-state index is 12.3. The summed E-state index contributed by atoms with van der Waals surface area (Å²) >= 11 is 8.19. The molecule has 0 bridgehead atoms. The second-order valence-electron chi connectivity index (χ2n) is 5.89. The lowest BCUT2D eigenvalue weighted by atomic mass is 10.1. The highest BCUT2D eigenvalue weighted by Crippen LogP contribution is 2.35. The molecule has 2 aromatic carbocycles. The lowest BCUT2D eigenvalue weighted by Gasteiger charge is -2.12. The number of esters is 1. The van der Waals surface area contributed by atoms with Crippen molar-refractivity contribution in [2.24, 2.45) is 4.99 Å². The van der Waals surface area contributed by atoms with Crippen LogP contribution in [0.2, 0.25) is 5.02 Å². The van der Waals surface area contributed by atoms with Crippen molar-refractivity contribution < 1.29 is 23.9 Å². The van der Waals surface area contributed by atoms with Crippen LogP contribution in [-0.4, -0.2) is 30.5 Å². The van der Waals surface area contributed by atoms with Crippen molar-refractivity contribution in [1.29, 1.82) is 0 Å². The van der Waals surface area contributed by atoms with E-state index in [0.29, 0.717) is 23.7 Å². The average Bonchev–Trinajstić information content (AvgIpc) is 3.06. The lowest BCUT2D eigenvalue weighted by molar-refractivity contribution is -0.384. The maximum absolute atomic E-state index is 12.3. The molecular formula is C20H14ClIN2O6. The normalized spacial score (nSPS) is 14.3. The Kier molecular flexibility index (Phi) is 6.73. The molecule has 0 amide bonds. The summed E-state index contributed by atoms with van der Waals surface area (Å²) in [6.45, 7) is 3.94. The van der Waals surface area contributed by atoms with Gasteiger partial charge in [-0.05, 0) is 52.4 Å². The van der Waals surface area contributed by atoms with Crippen molar-refractivity contribution >= 4 is 57.8 Å². The fraction of sp³-hybridized carbons (Fsp3) is 0.100. The van der Waals surface area contributed by atoms with Crippen LogP contribution in [0.3, 0.4) is 0 Å². The summed E-state index contributed by atoms with van der Waals surface area (Å²) in [5.74, 6) is 0.361. The predicted molar refractivity (Wildman–Crippen MR) is 120 cm³/mol. The second kappa shape index (κ2) is 9.26. The number of hydrogen-bond donors (Lipinski definition) is 0. The number of nitrogens with zero attached hydrogens (tertiary/aromatic N) is 2. The molecule has 1 aliphatic heterocycles. The van der Waals surface area contributed by atoms with Crippen molar-refractivity contribution in [2.45, 2.75) is 0 Å². The van der Waals surface area contributed by atoms with Gasteiger partial charge in [-0.1, -0.05) is 24.3 Å². The van der Waals surface area contributed by atoms with Crippen molar-refractivity contribution in [2.75, 3.05) is 13.7 Å². The van der Waals surface area contributed by atoms with E-state index in [0.717, 1.165) is 3.57 Å². The number of ether oxygens (including phenoxy) is 3. The highest BCUT2D eigenvalue weighted by molar-refractivity contribution is 14.1. The Hall–Kier alpha value is -2.92. The van der Waals surface area contributed by atoms with Crippen LogP contribution in [0.1, 0.15) is 11.1 Å². The smallest absolute Gasteiger partial charge is 0.363 e. The second-order valence-corrected chi connectivity index (χ2v) is 7.46. The number of aliphatic imine (C=N–C) groups is 1. The Morgan fingerprint density at radius 1 is 1.37 bits per heavy atom. The van der Waals surface area contributed by atoms with Gasteiger partial charge in [-0.25, -0.2) is 9.79 Å². The molecule has 0 radical (unpaired) electrons. The van der Waals surface area contributed by atoms with E-state index in [2.05, 4.69) is 34.2 Å². The number of rotatable bonds is 7. The minimum absolute atomic E-state index is 0.0289. The highest BCUT2D eigenvalue weighted by atomic mass is 127. The van der Waals surface area contributed by atoms with Crippen molar-refractivity contribution in [3.05, 3.63) is 78.5 Å². The number of nitro benzene ring substituents is 1. The standard InChI is InChI=1S/C20H14ClIN2O6/c1-3-6-29-18-15(22)7-11(9-17(18)28-2)8-16-20(25)30-19(23-16)13-5-4-12(24(26)27)10-14(13)21/h3-5,7-10H,1,6H2,2H3/b16-8+. The molecule has 8 nitrogen and oxygen atoms in total. The van der Waals surface area contributed by atoms with Gasteiger partial charge in [0.1, 0.15) is 6.61 Å². The fourth-order valence-electron chi connectivity index (χ4n) is 2.58. The third-order valence-electron chi connectivity index (χ3n) is 3.92. The molecule has 154 valence electrons. The first kappa shape index (κ1) is 21.8. The van der Waals surface area contributed by atoms with Crippen molar-refractivity contribution in [3.8, 4) is 11.5 Å². The van der Waals surface area contributed by atoms with Gasteiger partial charge in [0.2, 0.25) is 5.90 Å². The molecule has 0 spiro atoms. The molecule has 2 aromatic rings. The first-order valence-electron chi connectivity index (χ1n) is 8.42. The molecule has 0 N–H and O–H groups in total. The SMILES string of the molecule is C=CCOc1c(I)cc(/C=C2/N=C(c3ccc([N+](=O)[O-])cc3Cl)OC2=O)cc1OC. The maximum Gasteiger partial charge on any atom is 0.363 e. The summed E-state index contributed by atoms with van der Waals surface area (Å²) in [4.78, 5) is 26.7. The first-order chi connectivity index (χ1) is 14.3. The minimum atomic E-state index is -0.666. The molecular weight excluding hydrogens is 527 g/mol. The Labute approximate surface area is 190 Å². The van der Waals surface area contributed by atoms with Gasteiger partial charge in [0.25, 0.3) is 5.69 Å². The summed E-state index contributed by atoms with van der Waals surface area (Å²) in [6.07, 6.45) is 3.16. The summed E-state index contributed by atoms with van der Waals surface area (Å²) in [7, 11) is 1.51. The first-order valence-corrected chi connectivity index (χ1v) is 9.87. The number of carbonyl (C=O) groups is 1. The van der Waals surface area contributed by atoms with Gasteiger partial charge < -0.3 is 14.2 Å². The van der Waals surface area contributed by atoms with E-state index in [4.69, 9.17) is 25.8 Å². The molecule has 0 aromatic heterocycles. The van der Waals surface area contributed by atoms with Gasteiger partial charge in [0.15, 0.2) is 17.2 Å². The fourth-order valence-corrected chi connectivity index (χ4v) is 3.62. The number of hydrogen-bond acceptors (Lipinski definition) is 7. The topological polar surface area (TPSA) is 100 Å². The lowest BCUT2D eigenvalue weighted by Crippen LogP contribution is -2.06. The van der Waals surface area contributed by atoms with Gasteiger partial charge in [-0.2, -0.15) is 0 Å². The zero-order valence-electron chi connectivity index (χ0n) is 15.6. The third-order valence-corrected chi connectivity index (χ3v) is 5.03. The minimum Gasteiger partial charge on any atom is -0.493 e. The molecule has 1 aliphatic rings. The largest absolute Gasteiger partial charge is 0.493 e. The van der Waals surface area contributed by atoms with E-state index in [-0.39, 0.29) is 27.9 Å². The zero-order chi connectivity index (χ0) is 21.8. The van der Waals surface area contributed by atoms with Gasteiger partial charge in [-0.3, -0.25) is 10.1 Å². The van der Waals surface area contributed by atoms with Crippen LogP contribution in [0.15, 0.2) is 53.7 Å². The summed E-state index contributed by atoms with van der Waals surface area (Å²) in [5.41, 5.74) is 0.801. The van der Waals surface area contributed by atoms with Gasteiger partial charge in [-0.15, -0.1) is 0 Å². The van der Waals surface area contributed by atoms with Crippen LogP contribution in [0.4, 0.5) is 5.69 Å². The molecule has 1 heterocycles. The number of cyclic esters (lactones) is 1. The van der Waals surface area contributed by atoms with Crippen LogP contribution in [0, 0.1) is 13.7 Å². The van der Waals surface area contributed by atoms with E-state index in [1.54, 1.807) is 18.2 Å². The van der Waals surface area contributed by atoms with Crippen LogP contribution in [0.5, 0.6) is 11.5 Å². The Morgan fingerprint density at radius 2 is 2.13 bits per heavy atom. The monoisotopic (exact) mass is 540 g/mol. The molecule has 3 rings (SSSR count). The molecule has 0 saturated carbocycles. The number of carbonyl (C=O) groups excluding carboxylic acids is 1. The molecule has 0 saturated heterocycles. The zero-order valence-corrected chi connectivity index (χ0v) is 18.5. The van der Waals surface area contributed by atoms with Crippen molar-refractivity contribution in [3.63, 3.8) is 0 Å². The quantitative estimate of drug-likeness (QED) is 0.125. The molecule has 0 atom stereocenters. The predicted octanol–water partition coefficient (Wildman–Crippen LogP) is 4.77. The Balaban J connectivity index is 1.95. The molecule has 30 heavy (non-hydrogen) atoms. The number of methoxy groups -OCH3 is 1. The van der Waals surface area contributed by atoms with Gasteiger partial charge in [0.05, 0.1) is 26.2 Å². The highest BCUT2D eigenvalue weighted by Gasteiger charge is 2.26. The van der Waals surface area contributed by atoms with E-state index in [1.165, 1.54) is 31.4 Å². The van der Waals surface area contributed by atoms with E-state index < -0.39 is 10.9 Å². The molecule has 0 fully saturated rings. The third kappa shape index (κ3) is 4.62. The van der Waals surface area contributed by atoms with Gasteiger partial charge >= 0.3 is 5.97 Å². The van der Waals surface area contributed by atoms with Crippen LogP contribution in [-0.2, 0) is 9.53 Å². The molecule has 10 heteroatoms. The number of nitro groups is 1. The van der Waals surface area contributed by atoms with Gasteiger partial charge in [0, 0.05) is 12.1 Å². The molecule has 0 aliphatic carbocycles. The van der Waals surface area contributed by atoms with E-state index >= 15 is 0 Å². The summed E-state index contributed by atoms with van der Waals surface area (Å²) in [6, 6.07) is 7.31. The number of benzene rings is 2. The summed E-state index contributed by atoms with van der Waals surface area (Å²) < 4.78 is 17.0. The van der Waals surface area contributed by atoms with E-state index in [9.17, 15) is 14.9 Å². The van der Waals surface area contributed by atoms with Crippen LogP contribution in [0.25, 0.3) is 6.08 Å². The molecule has 0 unspecified atom stereocenters. The van der Waals surface area contributed by atoms with Crippen molar-refractivity contribution in [1.82, 2.24) is 0 Å². The van der Waals surface area contributed by atoms with Crippen LogP contribution >= 0.6 is 34.2 Å². The summed E-state index contributed by atoms with van der Waals surface area (Å²) in [5, 5.41) is 10.9.